The summed E-state index contributed by atoms with van der Waals surface area (Å²) in [4.78, 5) is 22.3. The third kappa shape index (κ3) is 3.60. The Morgan fingerprint density at radius 1 is 1.48 bits per heavy atom. The lowest BCUT2D eigenvalue weighted by atomic mass is 10.4. The first-order valence-corrected chi connectivity index (χ1v) is 8.56. The van der Waals surface area contributed by atoms with Crippen LogP contribution in [0, 0.1) is 5.92 Å². The molecule has 2 rings (SSSR count). The second-order valence-electron chi connectivity index (χ2n) is 4.74. The molecule has 116 valence electrons. The molecule has 1 heterocycles. The Morgan fingerprint density at radius 2 is 2.14 bits per heavy atom. The average Bonchev–Trinajstić information content (AvgIpc) is 3.08. The van der Waals surface area contributed by atoms with Crippen molar-refractivity contribution in [1.82, 2.24) is 4.31 Å². The van der Waals surface area contributed by atoms with E-state index < -0.39 is 28.5 Å². The molecule has 7 nitrogen and oxygen atoms in total. The number of carbonyl (C=O) groups excluding carboxylic acids is 1. The number of hydrogen-bond donors (Lipinski definition) is 1. The Morgan fingerprint density at radius 3 is 2.67 bits per heavy atom. The highest BCUT2D eigenvalue weighted by molar-refractivity contribution is 7.89. The van der Waals surface area contributed by atoms with Gasteiger partial charge in [-0.2, -0.15) is 4.31 Å². The number of carboxylic acids is 1. The van der Waals surface area contributed by atoms with E-state index in [0.29, 0.717) is 0 Å². The summed E-state index contributed by atoms with van der Waals surface area (Å²) in [5.74, 6) is -1.78. The second-order valence-corrected chi connectivity index (χ2v) is 7.56. The first kappa shape index (κ1) is 15.9. The molecule has 1 fully saturated rings. The molecular formula is C12H15NO6S2. The molecule has 1 aliphatic carbocycles. The minimum Gasteiger partial charge on any atom is -0.480 e. The van der Waals surface area contributed by atoms with E-state index in [-0.39, 0.29) is 22.2 Å². The first-order chi connectivity index (χ1) is 9.86. The fraction of sp³-hybridized carbons (Fsp3) is 0.500. The van der Waals surface area contributed by atoms with Crippen LogP contribution >= 0.6 is 11.3 Å². The Balaban J connectivity index is 2.35. The normalized spacial score (nSPS) is 15.1. The summed E-state index contributed by atoms with van der Waals surface area (Å²) in [6.07, 6.45) is 1.78. The average molecular weight is 333 g/mol. The molecule has 21 heavy (non-hydrogen) atoms. The van der Waals surface area contributed by atoms with Crippen molar-refractivity contribution >= 4 is 33.3 Å². The molecule has 1 N–H and O–H groups in total. The summed E-state index contributed by atoms with van der Waals surface area (Å²) >= 11 is 0.952. The van der Waals surface area contributed by atoms with E-state index in [2.05, 4.69) is 4.74 Å². The van der Waals surface area contributed by atoms with Crippen molar-refractivity contribution in [2.75, 3.05) is 20.2 Å². The third-order valence-electron chi connectivity index (χ3n) is 3.09. The largest absolute Gasteiger partial charge is 0.480 e. The van der Waals surface area contributed by atoms with Crippen molar-refractivity contribution in [3.05, 3.63) is 16.3 Å². The fourth-order valence-electron chi connectivity index (χ4n) is 1.87. The summed E-state index contributed by atoms with van der Waals surface area (Å²) in [6.45, 7) is -0.458. The zero-order valence-corrected chi connectivity index (χ0v) is 12.9. The molecule has 9 heteroatoms. The number of sulfonamides is 1. The summed E-state index contributed by atoms with van der Waals surface area (Å²) in [7, 11) is -2.87. The Bertz CT molecular complexity index is 646. The molecule has 0 amide bonds. The van der Waals surface area contributed by atoms with Gasteiger partial charge in [0.1, 0.15) is 16.3 Å². The summed E-state index contributed by atoms with van der Waals surface area (Å²) in [6, 6.07) is 1.30. The van der Waals surface area contributed by atoms with E-state index in [1.807, 2.05) is 0 Å². The summed E-state index contributed by atoms with van der Waals surface area (Å²) in [5, 5.41) is 10.4. The Kier molecular flexibility index (Phi) is 4.64. The lowest BCUT2D eigenvalue weighted by Crippen LogP contribution is -2.37. The number of methoxy groups -OCH3 is 1. The van der Waals surface area contributed by atoms with E-state index in [9.17, 15) is 18.0 Å². The molecule has 0 bridgehead atoms. The van der Waals surface area contributed by atoms with E-state index in [1.165, 1.54) is 11.4 Å². The third-order valence-corrected chi connectivity index (χ3v) is 5.97. The molecular weight excluding hydrogens is 318 g/mol. The number of aliphatic carboxylic acids is 1. The SMILES string of the molecule is COC(=O)c1sccc1S(=O)(=O)N(CC(=O)O)CC1CC1. The zero-order valence-electron chi connectivity index (χ0n) is 11.3. The minimum absolute atomic E-state index is 0.0383. The van der Waals surface area contributed by atoms with Crippen LogP contribution in [0.5, 0.6) is 0 Å². The highest BCUT2D eigenvalue weighted by Gasteiger charge is 2.35. The van der Waals surface area contributed by atoms with Gasteiger partial charge in [-0.3, -0.25) is 4.79 Å². The number of hydrogen-bond acceptors (Lipinski definition) is 6. The van der Waals surface area contributed by atoms with Crippen LogP contribution in [0.4, 0.5) is 0 Å². The lowest BCUT2D eigenvalue weighted by molar-refractivity contribution is -0.137. The first-order valence-electron chi connectivity index (χ1n) is 6.24. The predicted octanol–water partition coefficient (Wildman–Crippen LogP) is 1.02. The van der Waals surface area contributed by atoms with Gasteiger partial charge in [-0.25, -0.2) is 13.2 Å². The van der Waals surface area contributed by atoms with Crippen molar-refractivity contribution in [1.29, 1.82) is 0 Å². The van der Waals surface area contributed by atoms with Gasteiger partial charge in [-0.15, -0.1) is 11.3 Å². The Labute approximate surface area is 126 Å². The maximum atomic E-state index is 12.6. The zero-order chi connectivity index (χ0) is 15.6. The van der Waals surface area contributed by atoms with E-state index in [0.717, 1.165) is 35.6 Å². The molecule has 0 unspecified atom stereocenters. The van der Waals surface area contributed by atoms with Crippen molar-refractivity contribution in [2.45, 2.75) is 17.7 Å². The van der Waals surface area contributed by atoms with Crippen LogP contribution < -0.4 is 0 Å². The standard InChI is InChI=1S/C12H15NO6S2/c1-19-12(16)11-9(4-5-20-11)21(17,18)13(7-10(14)15)6-8-2-3-8/h4-5,8H,2-3,6-7H2,1H3,(H,14,15). The van der Waals surface area contributed by atoms with Crippen LogP contribution in [-0.4, -0.2) is 50.0 Å². The summed E-state index contributed by atoms with van der Waals surface area (Å²) < 4.78 is 30.7. The van der Waals surface area contributed by atoms with Crippen LogP contribution in [0.3, 0.4) is 0 Å². The van der Waals surface area contributed by atoms with E-state index in [4.69, 9.17) is 5.11 Å². The minimum atomic E-state index is -4.03. The van der Waals surface area contributed by atoms with Gasteiger partial charge in [0, 0.05) is 6.54 Å². The molecule has 1 saturated carbocycles. The van der Waals surface area contributed by atoms with Crippen molar-refractivity contribution < 1.29 is 27.9 Å². The number of nitrogens with zero attached hydrogens (tertiary/aromatic N) is 1. The van der Waals surface area contributed by atoms with E-state index in [1.54, 1.807) is 0 Å². The van der Waals surface area contributed by atoms with Gasteiger partial charge in [0.25, 0.3) is 0 Å². The lowest BCUT2D eigenvalue weighted by Gasteiger charge is -2.20. The number of ether oxygens (including phenoxy) is 1. The quantitative estimate of drug-likeness (QED) is 0.748. The molecule has 0 atom stereocenters. The van der Waals surface area contributed by atoms with Gasteiger partial charge < -0.3 is 9.84 Å². The Hall–Kier alpha value is -1.45. The number of rotatable bonds is 7. The molecule has 0 aromatic carbocycles. The van der Waals surface area contributed by atoms with Gasteiger partial charge in [0.2, 0.25) is 10.0 Å². The van der Waals surface area contributed by atoms with Crippen molar-refractivity contribution in [2.24, 2.45) is 5.92 Å². The smallest absolute Gasteiger partial charge is 0.349 e. The maximum Gasteiger partial charge on any atom is 0.349 e. The number of carbonyl (C=O) groups is 2. The topological polar surface area (TPSA) is 101 Å². The van der Waals surface area contributed by atoms with Crippen molar-refractivity contribution in [3.8, 4) is 0 Å². The number of carboxylic acid groups (broad SMARTS) is 1. The van der Waals surface area contributed by atoms with Gasteiger partial charge in [0.15, 0.2) is 0 Å². The highest BCUT2D eigenvalue weighted by Crippen LogP contribution is 2.33. The fourth-order valence-corrected chi connectivity index (χ4v) is 4.64. The molecule has 0 radical (unpaired) electrons. The number of thiophene rings is 1. The van der Waals surface area contributed by atoms with Crippen LogP contribution in [0.25, 0.3) is 0 Å². The molecule has 1 aromatic rings. The van der Waals surface area contributed by atoms with E-state index >= 15 is 0 Å². The predicted molar refractivity (Wildman–Crippen MR) is 74.8 cm³/mol. The van der Waals surface area contributed by atoms with Crippen LogP contribution in [0.2, 0.25) is 0 Å². The van der Waals surface area contributed by atoms with Gasteiger partial charge in [0.05, 0.1) is 7.11 Å². The molecule has 1 aliphatic rings. The molecule has 0 saturated heterocycles. The second kappa shape index (κ2) is 6.12. The monoisotopic (exact) mass is 333 g/mol. The maximum absolute atomic E-state index is 12.6. The number of esters is 1. The van der Waals surface area contributed by atoms with Gasteiger partial charge >= 0.3 is 11.9 Å². The highest BCUT2D eigenvalue weighted by atomic mass is 32.2. The van der Waals surface area contributed by atoms with Gasteiger partial charge in [-0.05, 0) is 30.2 Å². The van der Waals surface area contributed by atoms with Gasteiger partial charge in [-0.1, -0.05) is 0 Å². The molecule has 0 spiro atoms. The molecule has 1 aromatic heterocycles. The van der Waals surface area contributed by atoms with Crippen LogP contribution in [0.15, 0.2) is 16.3 Å². The van der Waals surface area contributed by atoms with Crippen molar-refractivity contribution in [3.63, 3.8) is 0 Å². The van der Waals surface area contributed by atoms with Crippen LogP contribution in [-0.2, 0) is 19.6 Å². The summed E-state index contributed by atoms with van der Waals surface area (Å²) in [5.41, 5.74) is 0. The molecule has 0 aliphatic heterocycles. The van der Waals surface area contributed by atoms with Crippen LogP contribution in [0.1, 0.15) is 22.5 Å².